The molecule has 47 valence electrons. The van der Waals surface area contributed by atoms with Crippen LogP contribution in [0.25, 0.3) is 0 Å². The van der Waals surface area contributed by atoms with E-state index in [1.807, 2.05) is 30.3 Å². The fourth-order valence-corrected chi connectivity index (χ4v) is 0.720. The molecule has 0 amide bonds. The quantitative estimate of drug-likeness (QED) is 0.632. The van der Waals surface area contributed by atoms with Gasteiger partial charge in [-0.25, -0.2) is 0 Å². The minimum absolute atomic E-state index is 0.640. The standard InChI is InChI=1S/C8H9O/c9-7-6-8-4-2-1-3-5-8/h1-5,7,9H,6H2. The fourth-order valence-electron chi connectivity index (χ4n) is 0.720. The van der Waals surface area contributed by atoms with E-state index in [1.165, 1.54) is 0 Å². The first-order chi connectivity index (χ1) is 4.43. The summed E-state index contributed by atoms with van der Waals surface area (Å²) in [6, 6.07) is 9.83. The molecule has 0 heterocycles. The first kappa shape index (κ1) is 6.30. The third-order valence-electron chi connectivity index (χ3n) is 1.17. The Morgan fingerprint density at radius 3 is 2.44 bits per heavy atom. The molecule has 0 atom stereocenters. The molecule has 1 heteroatoms. The van der Waals surface area contributed by atoms with Crippen LogP contribution in [0.3, 0.4) is 0 Å². The summed E-state index contributed by atoms with van der Waals surface area (Å²) in [4.78, 5) is 0. The zero-order valence-corrected chi connectivity index (χ0v) is 5.12. The van der Waals surface area contributed by atoms with Crippen molar-refractivity contribution in [2.75, 3.05) is 0 Å². The van der Waals surface area contributed by atoms with E-state index < -0.39 is 0 Å². The van der Waals surface area contributed by atoms with E-state index in [0.29, 0.717) is 6.42 Å². The van der Waals surface area contributed by atoms with Crippen LogP contribution in [0.2, 0.25) is 0 Å². The normalized spacial score (nSPS) is 9.44. The van der Waals surface area contributed by atoms with Crippen molar-refractivity contribution in [2.24, 2.45) is 0 Å². The summed E-state index contributed by atoms with van der Waals surface area (Å²) in [5, 5.41) is 8.39. The van der Waals surface area contributed by atoms with Crippen LogP contribution in [0.15, 0.2) is 30.3 Å². The first-order valence-corrected chi connectivity index (χ1v) is 2.93. The van der Waals surface area contributed by atoms with Gasteiger partial charge in [-0.15, -0.1) is 0 Å². The summed E-state index contributed by atoms with van der Waals surface area (Å²) in [6.07, 6.45) is 0.640. The van der Waals surface area contributed by atoms with Crippen molar-refractivity contribution in [1.82, 2.24) is 0 Å². The lowest BCUT2D eigenvalue weighted by molar-refractivity contribution is 0.385. The van der Waals surface area contributed by atoms with Crippen LogP contribution >= 0.6 is 0 Å². The van der Waals surface area contributed by atoms with Gasteiger partial charge in [-0.3, -0.25) is 0 Å². The van der Waals surface area contributed by atoms with Crippen molar-refractivity contribution in [3.8, 4) is 0 Å². The van der Waals surface area contributed by atoms with Gasteiger partial charge in [0.2, 0.25) is 0 Å². The van der Waals surface area contributed by atoms with E-state index in [9.17, 15) is 0 Å². The van der Waals surface area contributed by atoms with Crippen LogP contribution in [0.4, 0.5) is 0 Å². The van der Waals surface area contributed by atoms with Crippen LogP contribution < -0.4 is 0 Å². The van der Waals surface area contributed by atoms with Gasteiger partial charge in [-0.1, -0.05) is 30.3 Å². The number of benzene rings is 1. The van der Waals surface area contributed by atoms with E-state index >= 15 is 0 Å². The Bertz CT molecular complexity index is 157. The summed E-state index contributed by atoms with van der Waals surface area (Å²) < 4.78 is 0. The Hall–Kier alpha value is -0.820. The van der Waals surface area contributed by atoms with E-state index in [0.717, 1.165) is 12.2 Å². The van der Waals surface area contributed by atoms with Crippen molar-refractivity contribution < 1.29 is 5.11 Å². The Balaban J connectivity index is 2.61. The molecule has 1 rings (SSSR count). The molecular weight excluding hydrogens is 112 g/mol. The van der Waals surface area contributed by atoms with E-state index in [2.05, 4.69) is 0 Å². The highest BCUT2D eigenvalue weighted by molar-refractivity contribution is 5.15. The molecule has 1 N–H and O–H groups in total. The molecule has 0 saturated carbocycles. The lowest BCUT2D eigenvalue weighted by atomic mass is 10.2. The number of rotatable bonds is 2. The number of aliphatic hydroxyl groups is 1. The van der Waals surface area contributed by atoms with Crippen molar-refractivity contribution in [3.63, 3.8) is 0 Å². The molecule has 0 spiro atoms. The summed E-state index contributed by atoms with van der Waals surface area (Å²) in [6.45, 7) is 1.16. The molecule has 0 aliphatic carbocycles. The lowest BCUT2D eigenvalue weighted by Gasteiger charge is -1.92. The molecule has 0 unspecified atom stereocenters. The van der Waals surface area contributed by atoms with Crippen molar-refractivity contribution in [3.05, 3.63) is 42.5 Å². The summed E-state index contributed by atoms with van der Waals surface area (Å²) in [5.74, 6) is 0. The minimum Gasteiger partial charge on any atom is -0.390 e. The van der Waals surface area contributed by atoms with Gasteiger partial charge in [0, 0.05) is 6.42 Å². The van der Waals surface area contributed by atoms with Gasteiger partial charge in [-0.2, -0.15) is 0 Å². The molecule has 0 bridgehead atoms. The van der Waals surface area contributed by atoms with E-state index in [-0.39, 0.29) is 0 Å². The zero-order valence-electron chi connectivity index (χ0n) is 5.12. The van der Waals surface area contributed by atoms with Gasteiger partial charge in [0.15, 0.2) is 0 Å². The van der Waals surface area contributed by atoms with Crippen molar-refractivity contribution in [2.45, 2.75) is 6.42 Å². The predicted molar refractivity (Wildman–Crippen MR) is 36.4 cm³/mol. The van der Waals surface area contributed by atoms with E-state index in [4.69, 9.17) is 5.11 Å². The molecule has 0 fully saturated rings. The summed E-state index contributed by atoms with van der Waals surface area (Å²) in [7, 11) is 0. The Morgan fingerprint density at radius 2 is 1.89 bits per heavy atom. The molecule has 0 aliphatic rings. The maximum Gasteiger partial charge on any atom is 0.0842 e. The average molecular weight is 121 g/mol. The van der Waals surface area contributed by atoms with Gasteiger partial charge in [0.05, 0.1) is 6.61 Å². The zero-order chi connectivity index (χ0) is 6.53. The highest BCUT2D eigenvalue weighted by atomic mass is 16.2. The average Bonchev–Trinajstić information content (AvgIpc) is 1.91. The Labute approximate surface area is 55.0 Å². The molecular formula is C8H9O. The van der Waals surface area contributed by atoms with Crippen molar-refractivity contribution >= 4 is 0 Å². The molecule has 1 nitrogen and oxygen atoms in total. The summed E-state index contributed by atoms with van der Waals surface area (Å²) >= 11 is 0. The third-order valence-corrected chi connectivity index (χ3v) is 1.17. The molecule has 0 aliphatic heterocycles. The molecule has 9 heavy (non-hydrogen) atoms. The summed E-state index contributed by atoms with van der Waals surface area (Å²) in [5.41, 5.74) is 1.14. The number of hydrogen-bond donors (Lipinski definition) is 1. The van der Waals surface area contributed by atoms with Gasteiger partial charge < -0.3 is 5.11 Å². The van der Waals surface area contributed by atoms with Crippen LogP contribution in [0.5, 0.6) is 0 Å². The minimum atomic E-state index is 0.640. The highest BCUT2D eigenvalue weighted by Crippen LogP contribution is 1.99. The van der Waals surface area contributed by atoms with Gasteiger partial charge >= 0.3 is 0 Å². The second-order valence-electron chi connectivity index (χ2n) is 1.87. The van der Waals surface area contributed by atoms with E-state index in [1.54, 1.807) is 0 Å². The Morgan fingerprint density at radius 1 is 1.22 bits per heavy atom. The molecule has 1 radical (unpaired) electrons. The molecule has 0 aromatic heterocycles. The van der Waals surface area contributed by atoms with Crippen LogP contribution in [0, 0.1) is 6.61 Å². The number of aliphatic hydroxyl groups excluding tert-OH is 1. The maximum atomic E-state index is 8.39. The second kappa shape index (κ2) is 3.25. The largest absolute Gasteiger partial charge is 0.390 e. The lowest BCUT2D eigenvalue weighted by Crippen LogP contribution is -1.82. The predicted octanol–water partition coefficient (Wildman–Crippen LogP) is 1.76. The third kappa shape index (κ3) is 1.86. The number of hydrogen-bond acceptors (Lipinski definition) is 1. The van der Waals surface area contributed by atoms with Crippen LogP contribution in [-0.4, -0.2) is 5.11 Å². The molecule has 0 saturated heterocycles. The van der Waals surface area contributed by atoms with Gasteiger partial charge in [-0.05, 0) is 5.56 Å². The van der Waals surface area contributed by atoms with Gasteiger partial charge in [0.1, 0.15) is 0 Å². The van der Waals surface area contributed by atoms with Crippen LogP contribution in [0.1, 0.15) is 5.56 Å². The maximum absolute atomic E-state index is 8.39. The monoisotopic (exact) mass is 121 g/mol. The SMILES string of the molecule is O[CH]Cc1ccccc1. The molecule has 1 aromatic rings. The second-order valence-corrected chi connectivity index (χ2v) is 1.87. The molecule has 1 aromatic carbocycles. The van der Waals surface area contributed by atoms with Gasteiger partial charge in [0.25, 0.3) is 0 Å². The smallest absolute Gasteiger partial charge is 0.0842 e. The van der Waals surface area contributed by atoms with Crippen molar-refractivity contribution in [1.29, 1.82) is 0 Å². The first-order valence-electron chi connectivity index (χ1n) is 2.93. The topological polar surface area (TPSA) is 20.2 Å². The Kier molecular flexibility index (Phi) is 2.28. The fraction of sp³-hybridized carbons (Fsp3) is 0.125. The van der Waals surface area contributed by atoms with Crippen LogP contribution in [-0.2, 0) is 6.42 Å². The highest BCUT2D eigenvalue weighted by Gasteiger charge is 1.86.